The molecule has 0 radical (unpaired) electrons. The average molecular weight is 418 g/mol. The molecule has 2 aliphatic rings. The molecule has 0 N–H and O–H groups in total. The zero-order valence-electron chi connectivity index (χ0n) is 17.4. The topological polar surface area (TPSA) is 70.0 Å². The Bertz CT molecular complexity index is 1230. The van der Waals surface area contributed by atoms with Crippen LogP contribution in [0.25, 0.3) is 16.5 Å². The molecule has 0 aliphatic carbocycles. The monoisotopic (exact) mass is 418 g/mol. The van der Waals surface area contributed by atoms with Gasteiger partial charge in [-0.2, -0.15) is 0 Å². The number of carbonyl (C=O) groups is 2. The summed E-state index contributed by atoms with van der Waals surface area (Å²) in [6.07, 6.45) is 2.92. The first-order chi connectivity index (χ1) is 15.0. The summed E-state index contributed by atoms with van der Waals surface area (Å²) in [6, 6.07) is 13.4. The molecule has 7 heteroatoms. The number of aryl methyl sites for hydroxylation is 1. The third-order valence-corrected chi connectivity index (χ3v) is 5.75. The van der Waals surface area contributed by atoms with Gasteiger partial charge in [0.1, 0.15) is 6.61 Å². The highest BCUT2D eigenvalue weighted by molar-refractivity contribution is 6.32. The minimum atomic E-state index is -1.06. The maximum atomic E-state index is 12.4. The summed E-state index contributed by atoms with van der Waals surface area (Å²) in [5.41, 5.74) is 3.63. The summed E-state index contributed by atoms with van der Waals surface area (Å²) < 4.78 is 18.8. The summed E-state index contributed by atoms with van der Waals surface area (Å²) in [4.78, 5) is 26.9. The zero-order valence-corrected chi connectivity index (χ0v) is 17.4. The second-order valence-electron chi connectivity index (χ2n) is 7.82. The molecule has 158 valence electrons. The van der Waals surface area contributed by atoms with E-state index in [1.165, 1.54) is 0 Å². The van der Waals surface area contributed by atoms with Crippen molar-refractivity contribution in [3.05, 3.63) is 59.7 Å². The van der Waals surface area contributed by atoms with E-state index in [0.717, 1.165) is 47.1 Å². The highest BCUT2D eigenvalue weighted by Crippen LogP contribution is 2.47. The number of carbonyl (C=O) groups excluding carboxylic acids is 2. The second kappa shape index (κ2) is 7.59. The number of ether oxygens (including phenoxy) is 3. The lowest BCUT2D eigenvalue weighted by Gasteiger charge is -2.23. The molecule has 0 fully saturated rings. The quantitative estimate of drug-likeness (QED) is 0.368. The van der Waals surface area contributed by atoms with Gasteiger partial charge in [-0.3, -0.25) is 0 Å². The van der Waals surface area contributed by atoms with Gasteiger partial charge in [0.05, 0.1) is 16.5 Å². The Labute approximate surface area is 179 Å². The van der Waals surface area contributed by atoms with Gasteiger partial charge in [0.15, 0.2) is 11.5 Å². The van der Waals surface area contributed by atoms with E-state index < -0.39 is 11.9 Å². The number of rotatable bonds is 4. The number of benzene rings is 2. The van der Waals surface area contributed by atoms with Crippen LogP contribution in [0.5, 0.6) is 17.4 Å². The van der Waals surface area contributed by atoms with Crippen molar-refractivity contribution in [2.75, 3.05) is 20.1 Å². The van der Waals surface area contributed by atoms with E-state index in [9.17, 15) is 9.59 Å². The molecular weight excluding hydrogens is 396 g/mol. The summed E-state index contributed by atoms with van der Waals surface area (Å²) in [7, 11) is 3.87. The molecule has 0 saturated heterocycles. The van der Waals surface area contributed by atoms with Gasteiger partial charge >= 0.3 is 11.9 Å². The fourth-order valence-corrected chi connectivity index (χ4v) is 4.09. The first-order valence-electron chi connectivity index (χ1n) is 10.2. The normalized spacial score (nSPS) is 16.5. The highest BCUT2D eigenvalue weighted by Gasteiger charge is 2.34. The number of nitrogens with zero attached hydrogens (tertiary/aromatic N) is 2. The Morgan fingerprint density at radius 2 is 1.77 bits per heavy atom. The van der Waals surface area contributed by atoms with Crippen LogP contribution in [0.3, 0.4) is 0 Å². The maximum absolute atomic E-state index is 12.4. The predicted octanol–water partition coefficient (Wildman–Crippen LogP) is 3.30. The fraction of sp³-hybridized carbons (Fsp3) is 0.250. The largest absolute Gasteiger partial charge is 0.485 e. The number of aromatic nitrogens is 1. The van der Waals surface area contributed by atoms with Crippen LogP contribution in [0.1, 0.15) is 17.5 Å². The van der Waals surface area contributed by atoms with Crippen molar-refractivity contribution in [3.8, 4) is 17.4 Å². The van der Waals surface area contributed by atoms with E-state index in [2.05, 4.69) is 18.0 Å². The number of hydrogen-bond acceptors (Lipinski definition) is 6. The molecule has 3 heterocycles. The van der Waals surface area contributed by atoms with Gasteiger partial charge < -0.3 is 23.7 Å². The predicted molar refractivity (Wildman–Crippen MR) is 115 cm³/mol. The van der Waals surface area contributed by atoms with E-state index in [0.29, 0.717) is 18.2 Å². The van der Waals surface area contributed by atoms with Crippen LogP contribution in [-0.2, 0) is 23.2 Å². The van der Waals surface area contributed by atoms with Crippen LogP contribution in [0.2, 0.25) is 0 Å². The van der Waals surface area contributed by atoms with Gasteiger partial charge in [-0.05, 0) is 36.7 Å². The third-order valence-electron chi connectivity index (χ3n) is 5.75. The third kappa shape index (κ3) is 3.37. The van der Waals surface area contributed by atoms with E-state index in [-0.39, 0.29) is 5.75 Å². The van der Waals surface area contributed by atoms with Gasteiger partial charge in [-0.1, -0.05) is 36.4 Å². The Balaban J connectivity index is 1.69. The first kappa shape index (κ1) is 19.4. The van der Waals surface area contributed by atoms with Crippen molar-refractivity contribution in [1.82, 2.24) is 9.47 Å². The van der Waals surface area contributed by atoms with Gasteiger partial charge in [-0.15, -0.1) is 0 Å². The van der Waals surface area contributed by atoms with Crippen molar-refractivity contribution in [1.29, 1.82) is 0 Å². The van der Waals surface area contributed by atoms with E-state index in [4.69, 9.17) is 14.2 Å². The summed E-state index contributed by atoms with van der Waals surface area (Å²) >= 11 is 0. The Morgan fingerprint density at radius 1 is 1.00 bits per heavy atom. The second-order valence-corrected chi connectivity index (χ2v) is 7.82. The smallest absolute Gasteiger partial charge is 0.424 e. The average Bonchev–Trinajstić information content (AvgIpc) is 3.06. The molecule has 2 aromatic carbocycles. The lowest BCUT2D eigenvalue weighted by atomic mass is 9.97. The number of fused-ring (bicyclic) bond motifs is 1. The van der Waals surface area contributed by atoms with Crippen molar-refractivity contribution in [3.63, 3.8) is 0 Å². The van der Waals surface area contributed by atoms with E-state index >= 15 is 0 Å². The van der Waals surface area contributed by atoms with Crippen LogP contribution >= 0.6 is 0 Å². The number of hydrogen-bond donors (Lipinski definition) is 0. The fourth-order valence-electron chi connectivity index (χ4n) is 4.09. The Morgan fingerprint density at radius 3 is 2.52 bits per heavy atom. The Hall–Kier alpha value is -3.58. The van der Waals surface area contributed by atoms with Crippen molar-refractivity contribution in [2.45, 2.75) is 13.0 Å². The molecule has 7 nitrogen and oxygen atoms in total. The SMILES string of the molecule is CN1CC=C(c2c3n(C)c4ccc(OCc5ccccc5)c(c24)OC(=O)C(=O)O3)CC1. The van der Waals surface area contributed by atoms with Crippen LogP contribution in [-0.4, -0.2) is 41.5 Å². The lowest BCUT2D eigenvalue weighted by Crippen LogP contribution is -2.28. The van der Waals surface area contributed by atoms with Gasteiger partial charge in [0.2, 0.25) is 5.88 Å². The summed E-state index contributed by atoms with van der Waals surface area (Å²) in [6.45, 7) is 1.98. The first-order valence-corrected chi connectivity index (χ1v) is 10.2. The van der Waals surface area contributed by atoms with Gasteiger partial charge in [0.25, 0.3) is 0 Å². The van der Waals surface area contributed by atoms with Crippen LogP contribution < -0.4 is 14.2 Å². The van der Waals surface area contributed by atoms with Crippen molar-refractivity contribution < 1.29 is 23.8 Å². The molecule has 0 spiro atoms. The highest BCUT2D eigenvalue weighted by atomic mass is 16.6. The number of esters is 2. The van der Waals surface area contributed by atoms with Gasteiger partial charge in [0, 0.05) is 20.1 Å². The molecule has 31 heavy (non-hydrogen) atoms. The Kier molecular flexibility index (Phi) is 4.75. The number of likely N-dealkylation sites (N-methyl/N-ethyl adjacent to an activating group) is 1. The van der Waals surface area contributed by atoms with Gasteiger partial charge in [-0.25, -0.2) is 9.59 Å². The van der Waals surface area contributed by atoms with Crippen molar-refractivity contribution >= 4 is 28.4 Å². The minimum Gasteiger partial charge on any atom is -0.485 e. The van der Waals surface area contributed by atoms with E-state index in [1.807, 2.05) is 43.4 Å². The summed E-state index contributed by atoms with van der Waals surface area (Å²) in [5.74, 6) is -1.09. The minimum absolute atomic E-state index is 0.256. The molecule has 0 saturated carbocycles. The lowest BCUT2D eigenvalue weighted by molar-refractivity contribution is -0.156. The molecule has 3 aromatic rings. The van der Waals surface area contributed by atoms with Crippen LogP contribution in [0.15, 0.2) is 48.5 Å². The molecule has 5 rings (SSSR count). The molecule has 0 atom stereocenters. The molecule has 2 aliphatic heterocycles. The zero-order chi connectivity index (χ0) is 21.5. The molecule has 0 amide bonds. The molecule has 2 bridgehead atoms. The van der Waals surface area contributed by atoms with Crippen LogP contribution in [0.4, 0.5) is 0 Å². The van der Waals surface area contributed by atoms with E-state index in [1.54, 1.807) is 10.6 Å². The van der Waals surface area contributed by atoms with Crippen LogP contribution in [0, 0.1) is 0 Å². The van der Waals surface area contributed by atoms with Crippen molar-refractivity contribution in [2.24, 2.45) is 7.05 Å². The summed E-state index contributed by atoms with van der Waals surface area (Å²) in [5, 5.41) is 0.722. The molecular formula is C24H22N2O5. The molecule has 0 unspecified atom stereocenters. The molecule has 1 aromatic heterocycles. The standard InChI is InChI=1S/C24H22N2O5/c1-25-12-10-16(11-13-25)19-20-17-8-9-18(29-14-15-6-4-3-5-7-15)21(20)30-23(27)24(28)31-22(19)26(17)2/h3-10H,11-14H2,1-2H3. The maximum Gasteiger partial charge on any atom is 0.424 e.